The molecule has 0 fully saturated rings. The molecule has 0 aliphatic heterocycles. The van der Waals surface area contributed by atoms with Crippen molar-refractivity contribution in [1.29, 1.82) is 0 Å². The largest absolute Gasteiger partial charge is 0.497 e. The van der Waals surface area contributed by atoms with Crippen LogP contribution in [0.2, 0.25) is 0 Å². The van der Waals surface area contributed by atoms with Crippen molar-refractivity contribution in [2.45, 2.75) is 65.2 Å². The first-order valence-electron chi connectivity index (χ1n) is 11.5. The average Bonchev–Trinajstić information content (AvgIpc) is 2.78. The van der Waals surface area contributed by atoms with E-state index in [0.29, 0.717) is 17.2 Å². The lowest BCUT2D eigenvalue weighted by Gasteiger charge is -2.29. The Morgan fingerprint density at radius 2 is 1.43 bits per heavy atom. The fourth-order valence-electron chi connectivity index (χ4n) is 3.72. The number of ether oxygens (including phenoxy) is 5. The lowest BCUT2D eigenvalue weighted by atomic mass is 9.85. The molecule has 0 saturated heterocycles. The molecule has 0 spiro atoms. The number of hydrogen-bond donors (Lipinski definition) is 1. The van der Waals surface area contributed by atoms with Gasteiger partial charge in [-0.05, 0) is 59.2 Å². The normalized spacial score (nSPS) is 13.7. The summed E-state index contributed by atoms with van der Waals surface area (Å²) in [4.78, 5) is 25.0. The molecule has 1 amide bonds. The van der Waals surface area contributed by atoms with Gasteiger partial charge in [0.25, 0.3) is 0 Å². The molecule has 0 aliphatic rings. The Labute approximate surface area is 207 Å². The van der Waals surface area contributed by atoms with E-state index in [1.54, 1.807) is 62.0 Å². The summed E-state index contributed by atoms with van der Waals surface area (Å²) in [6.45, 7) is 10.6. The van der Waals surface area contributed by atoms with Crippen molar-refractivity contribution < 1.29 is 33.3 Å². The van der Waals surface area contributed by atoms with Gasteiger partial charge in [-0.2, -0.15) is 0 Å². The predicted octanol–water partition coefficient (Wildman–Crippen LogP) is 5.00. The third kappa shape index (κ3) is 7.53. The molecule has 2 aromatic carbocycles. The fourth-order valence-corrected chi connectivity index (χ4v) is 3.72. The Morgan fingerprint density at radius 1 is 0.857 bits per heavy atom. The summed E-state index contributed by atoms with van der Waals surface area (Å²) in [6.07, 6.45) is -1.33. The van der Waals surface area contributed by atoms with E-state index in [0.717, 1.165) is 16.7 Å². The number of esters is 1. The molecule has 8 heteroatoms. The summed E-state index contributed by atoms with van der Waals surface area (Å²) >= 11 is 0. The minimum atomic E-state index is -0.911. The number of carbonyl (C=O) groups is 2. The molecule has 2 rings (SSSR count). The standard InChI is InChI=1S/C27H37NO7/c1-16-10-12-20(22(14-16)32-8)24(21-13-11-19(31-7)15-23(21)33-9)18(3)34-25(29)17(2)28-26(30)35-27(4,5)6/h10-15,17-18,24H,1-9H3,(H,28,30)/t17-,18-,24?/m0/s1. The maximum absolute atomic E-state index is 12.9. The first-order valence-corrected chi connectivity index (χ1v) is 11.5. The molecule has 0 aliphatic carbocycles. The SMILES string of the molecule is COc1ccc(C(c2ccc(C)cc2OC)[C@H](C)OC(=O)[C@H](C)NC(=O)OC(C)(C)C)c(OC)c1. The molecule has 1 N–H and O–H groups in total. The molecule has 8 nitrogen and oxygen atoms in total. The molecule has 0 saturated carbocycles. The highest BCUT2D eigenvalue weighted by molar-refractivity contribution is 5.81. The second-order valence-electron chi connectivity index (χ2n) is 9.34. The smallest absolute Gasteiger partial charge is 0.408 e. The summed E-state index contributed by atoms with van der Waals surface area (Å²) < 4.78 is 27.8. The van der Waals surface area contributed by atoms with E-state index in [1.807, 2.05) is 37.3 Å². The third-order valence-electron chi connectivity index (χ3n) is 5.36. The third-order valence-corrected chi connectivity index (χ3v) is 5.36. The molecular formula is C27H37NO7. The molecule has 0 heterocycles. The maximum atomic E-state index is 12.9. The van der Waals surface area contributed by atoms with Crippen LogP contribution in [0.5, 0.6) is 17.2 Å². The van der Waals surface area contributed by atoms with Crippen LogP contribution in [0.15, 0.2) is 36.4 Å². The number of nitrogens with one attached hydrogen (secondary N) is 1. The summed E-state index contributed by atoms with van der Waals surface area (Å²) in [6, 6.07) is 10.4. The Hall–Kier alpha value is -3.42. The highest BCUT2D eigenvalue weighted by Crippen LogP contribution is 2.41. The molecular weight excluding hydrogens is 450 g/mol. The van der Waals surface area contributed by atoms with Gasteiger partial charge in [0.1, 0.15) is 35.0 Å². The van der Waals surface area contributed by atoms with Gasteiger partial charge in [0.15, 0.2) is 0 Å². The summed E-state index contributed by atoms with van der Waals surface area (Å²) in [5, 5.41) is 2.53. The van der Waals surface area contributed by atoms with Crippen molar-refractivity contribution in [3.8, 4) is 17.2 Å². The number of alkyl carbamates (subject to hydrolysis) is 1. The first kappa shape index (κ1) is 27.8. The monoisotopic (exact) mass is 487 g/mol. The van der Waals surface area contributed by atoms with Crippen molar-refractivity contribution in [2.75, 3.05) is 21.3 Å². The van der Waals surface area contributed by atoms with Crippen LogP contribution in [0.25, 0.3) is 0 Å². The number of amides is 1. The van der Waals surface area contributed by atoms with E-state index in [-0.39, 0.29) is 0 Å². The van der Waals surface area contributed by atoms with Crippen molar-refractivity contribution >= 4 is 12.1 Å². The van der Waals surface area contributed by atoms with Gasteiger partial charge in [0.05, 0.1) is 27.2 Å². The van der Waals surface area contributed by atoms with Crippen LogP contribution in [0.3, 0.4) is 0 Å². The van der Waals surface area contributed by atoms with Gasteiger partial charge in [-0.1, -0.05) is 18.2 Å². The number of rotatable bonds is 9. The van der Waals surface area contributed by atoms with Gasteiger partial charge in [-0.15, -0.1) is 0 Å². The zero-order chi connectivity index (χ0) is 26.3. The van der Waals surface area contributed by atoms with E-state index >= 15 is 0 Å². The highest BCUT2D eigenvalue weighted by Gasteiger charge is 2.32. The minimum Gasteiger partial charge on any atom is -0.497 e. The topological polar surface area (TPSA) is 92.3 Å². The van der Waals surface area contributed by atoms with Gasteiger partial charge >= 0.3 is 12.1 Å². The number of aryl methyl sites for hydroxylation is 1. The van der Waals surface area contributed by atoms with E-state index in [9.17, 15) is 9.59 Å². The van der Waals surface area contributed by atoms with Crippen LogP contribution in [-0.2, 0) is 14.3 Å². The van der Waals surface area contributed by atoms with Crippen LogP contribution >= 0.6 is 0 Å². The molecule has 35 heavy (non-hydrogen) atoms. The number of hydrogen-bond acceptors (Lipinski definition) is 7. The van der Waals surface area contributed by atoms with Gasteiger partial charge < -0.3 is 29.0 Å². The van der Waals surface area contributed by atoms with E-state index in [1.165, 1.54) is 0 Å². The maximum Gasteiger partial charge on any atom is 0.408 e. The zero-order valence-corrected chi connectivity index (χ0v) is 22.1. The predicted molar refractivity (Wildman–Crippen MR) is 134 cm³/mol. The minimum absolute atomic E-state index is 0.427. The average molecular weight is 488 g/mol. The number of benzene rings is 2. The summed E-state index contributed by atoms with van der Waals surface area (Å²) in [5.74, 6) is 0.867. The van der Waals surface area contributed by atoms with E-state index in [4.69, 9.17) is 23.7 Å². The first-order chi connectivity index (χ1) is 16.4. The molecule has 3 atom stereocenters. The Kier molecular flexibility index (Phi) is 9.40. The van der Waals surface area contributed by atoms with E-state index in [2.05, 4.69) is 5.32 Å². The molecule has 1 unspecified atom stereocenters. The summed E-state index contributed by atoms with van der Waals surface area (Å²) in [5.41, 5.74) is 1.97. The Bertz CT molecular complexity index is 1030. The van der Waals surface area contributed by atoms with Crippen molar-refractivity contribution in [3.05, 3.63) is 53.1 Å². The lowest BCUT2D eigenvalue weighted by molar-refractivity contribution is -0.151. The van der Waals surface area contributed by atoms with Crippen LogP contribution < -0.4 is 19.5 Å². The Morgan fingerprint density at radius 3 is 1.97 bits per heavy atom. The van der Waals surface area contributed by atoms with Crippen LogP contribution in [0, 0.1) is 6.92 Å². The van der Waals surface area contributed by atoms with Gasteiger partial charge in [0.2, 0.25) is 0 Å². The van der Waals surface area contributed by atoms with Gasteiger partial charge in [0, 0.05) is 17.2 Å². The van der Waals surface area contributed by atoms with Crippen molar-refractivity contribution in [3.63, 3.8) is 0 Å². The van der Waals surface area contributed by atoms with Crippen molar-refractivity contribution in [2.24, 2.45) is 0 Å². The molecule has 0 bridgehead atoms. The van der Waals surface area contributed by atoms with E-state index < -0.39 is 35.7 Å². The number of methoxy groups -OCH3 is 3. The quantitative estimate of drug-likeness (QED) is 0.498. The lowest BCUT2D eigenvalue weighted by Crippen LogP contribution is -2.43. The fraction of sp³-hybridized carbons (Fsp3) is 0.481. The molecule has 0 radical (unpaired) electrons. The summed E-state index contributed by atoms with van der Waals surface area (Å²) in [7, 11) is 4.76. The van der Waals surface area contributed by atoms with Gasteiger partial charge in [-0.3, -0.25) is 0 Å². The molecule has 192 valence electrons. The molecule has 0 aromatic heterocycles. The number of carbonyl (C=O) groups excluding carboxylic acids is 2. The van der Waals surface area contributed by atoms with Crippen LogP contribution in [0.1, 0.15) is 57.2 Å². The molecule has 2 aromatic rings. The van der Waals surface area contributed by atoms with Crippen LogP contribution in [0.4, 0.5) is 4.79 Å². The zero-order valence-electron chi connectivity index (χ0n) is 22.1. The highest BCUT2D eigenvalue weighted by atomic mass is 16.6. The van der Waals surface area contributed by atoms with Crippen molar-refractivity contribution in [1.82, 2.24) is 5.32 Å². The van der Waals surface area contributed by atoms with Gasteiger partial charge in [-0.25, -0.2) is 9.59 Å². The second kappa shape index (κ2) is 11.8. The Balaban J connectivity index is 2.41. The van der Waals surface area contributed by atoms with Crippen LogP contribution in [-0.4, -0.2) is 51.1 Å². The second-order valence-corrected chi connectivity index (χ2v) is 9.34.